The fourth-order valence-electron chi connectivity index (χ4n) is 2.32. The zero-order valence-electron chi connectivity index (χ0n) is 10.2. The maximum atomic E-state index is 10.6. The molecule has 1 fully saturated rings. The number of piperazine rings is 1. The van der Waals surface area contributed by atoms with Crippen molar-refractivity contribution in [1.29, 1.82) is 0 Å². The van der Waals surface area contributed by atoms with Gasteiger partial charge in [0.05, 0.1) is 5.69 Å². The molecule has 0 N–H and O–H groups in total. The lowest BCUT2D eigenvalue weighted by atomic mass is 10.3. The van der Waals surface area contributed by atoms with Gasteiger partial charge in [0.2, 0.25) is 6.41 Å². The number of nitrogens with zero attached hydrogens (tertiary/aromatic N) is 4. The summed E-state index contributed by atoms with van der Waals surface area (Å²) in [6, 6.07) is 6.00. The van der Waals surface area contributed by atoms with Gasteiger partial charge in [-0.25, -0.2) is 4.98 Å². The van der Waals surface area contributed by atoms with Gasteiger partial charge in [0.1, 0.15) is 5.65 Å². The van der Waals surface area contributed by atoms with Crippen molar-refractivity contribution < 1.29 is 4.79 Å². The highest BCUT2D eigenvalue weighted by molar-refractivity contribution is 5.47. The number of fused-ring (bicyclic) bond motifs is 1. The second-order valence-electron chi connectivity index (χ2n) is 4.62. The van der Waals surface area contributed by atoms with Crippen LogP contribution in [0.4, 0.5) is 0 Å². The van der Waals surface area contributed by atoms with Crippen LogP contribution in [0.2, 0.25) is 0 Å². The molecule has 3 heterocycles. The number of rotatable bonds is 3. The van der Waals surface area contributed by atoms with Gasteiger partial charge in [0.25, 0.3) is 0 Å². The summed E-state index contributed by atoms with van der Waals surface area (Å²) >= 11 is 0. The topological polar surface area (TPSA) is 40.9 Å². The van der Waals surface area contributed by atoms with Crippen molar-refractivity contribution >= 4 is 12.1 Å². The zero-order chi connectivity index (χ0) is 12.4. The van der Waals surface area contributed by atoms with E-state index in [2.05, 4.69) is 16.1 Å². The van der Waals surface area contributed by atoms with Crippen LogP contribution in [0.15, 0.2) is 30.6 Å². The maximum Gasteiger partial charge on any atom is 0.209 e. The molecule has 0 aromatic carbocycles. The molecule has 1 amide bonds. The normalized spacial score (nSPS) is 17.2. The van der Waals surface area contributed by atoms with E-state index in [4.69, 9.17) is 0 Å². The SMILES string of the molecule is O=CN1CCN(Cc2cn3ccccc3n2)CC1. The average molecular weight is 244 g/mol. The molecule has 0 radical (unpaired) electrons. The van der Waals surface area contributed by atoms with Crippen molar-refractivity contribution in [3.05, 3.63) is 36.3 Å². The van der Waals surface area contributed by atoms with Gasteiger partial charge in [0, 0.05) is 45.1 Å². The molecule has 0 aliphatic carbocycles. The van der Waals surface area contributed by atoms with E-state index >= 15 is 0 Å². The standard InChI is InChI=1S/C13H16N4O/c18-11-16-7-5-15(6-8-16)9-12-10-17-4-2-1-3-13(17)14-12/h1-4,10-11H,5-9H2. The Bertz CT molecular complexity index is 510. The number of hydrogen-bond acceptors (Lipinski definition) is 3. The van der Waals surface area contributed by atoms with E-state index in [1.807, 2.05) is 33.7 Å². The largest absolute Gasteiger partial charge is 0.343 e. The molecule has 2 aromatic heterocycles. The lowest BCUT2D eigenvalue weighted by molar-refractivity contribution is -0.119. The van der Waals surface area contributed by atoms with E-state index in [0.29, 0.717) is 0 Å². The predicted octanol–water partition coefficient (Wildman–Crippen LogP) is 0.608. The lowest BCUT2D eigenvalue weighted by Crippen LogP contribution is -2.45. The molecule has 18 heavy (non-hydrogen) atoms. The van der Waals surface area contributed by atoms with Crippen molar-refractivity contribution in [2.24, 2.45) is 0 Å². The molecule has 1 saturated heterocycles. The van der Waals surface area contributed by atoms with E-state index in [0.717, 1.165) is 50.5 Å². The number of carbonyl (C=O) groups excluding carboxylic acids is 1. The molecular weight excluding hydrogens is 228 g/mol. The molecule has 0 saturated carbocycles. The molecule has 3 rings (SSSR count). The fourth-order valence-corrected chi connectivity index (χ4v) is 2.32. The molecule has 1 aliphatic rings. The Labute approximate surface area is 106 Å². The Balaban J connectivity index is 1.67. The molecule has 5 nitrogen and oxygen atoms in total. The van der Waals surface area contributed by atoms with E-state index < -0.39 is 0 Å². The number of hydrogen-bond donors (Lipinski definition) is 0. The Morgan fingerprint density at radius 2 is 2.06 bits per heavy atom. The molecule has 5 heteroatoms. The Kier molecular flexibility index (Phi) is 2.98. The first-order valence-electron chi connectivity index (χ1n) is 6.19. The number of amides is 1. The van der Waals surface area contributed by atoms with Gasteiger partial charge in [-0.1, -0.05) is 6.07 Å². The van der Waals surface area contributed by atoms with Crippen LogP contribution in [0, 0.1) is 0 Å². The number of aromatic nitrogens is 2. The molecule has 2 aromatic rings. The Morgan fingerprint density at radius 1 is 1.22 bits per heavy atom. The smallest absolute Gasteiger partial charge is 0.209 e. The van der Waals surface area contributed by atoms with Crippen molar-refractivity contribution in [1.82, 2.24) is 19.2 Å². The maximum absolute atomic E-state index is 10.6. The van der Waals surface area contributed by atoms with E-state index in [1.54, 1.807) is 0 Å². The zero-order valence-corrected chi connectivity index (χ0v) is 10.2. The minimum absolute atomic E-state index is 0.816. The van der Waals surface area contributed by atoms with Gasteiger partial charge in [-0.15, -0.1) is 0 Å². The van der Waals surface area contributed by atoms with Crippen LogP contribution in [0.25, 0.3) is 5.65 Å². The van der Waals surface area contributed by atoms with Crippen LogP contribution >= 0.6 is 0 Å². The van der Waals surface area contributed by atoms with Crippen molar-refractivity contribution in [3.63, 3.8) is 0 Å². The minimum Gasteiger partial charge on any atom is -0.343 e. The van der Waals surface area contributed by atoms with Crippen LogP contribution in [0.5, 0.6) is 0 Å². The second kappa shape index (κ2) is 4.78. The van der Waals surface area contributed by atoms with Crippen LogP contribution in [-0.2, 0) is 11.3 Å². The summed E-state index contributed by atoms with van der Waals surface area (Å²) in [5, 5.41) is 0. The summed E-state index contributed by atoms with van der Waals surface area (Å²) in [4.78, 5) is 19.4. The first kappa shape index (κ1) is 11.2. The fraction of sp³-hybridized carbons (Fsp3) is 0.385. The van der Waals surface area contributed by atoms with Gasteiger partial charge >= 0.3 is 0 Å². The molecule has 0 atom stereocenters. The third-order valence-corrected chi connectivity index (χ3v) is 3.36. The highest BCUT2D eigenvalue weighted by Crippen LogP contribution is 2.09. The van der Waals surface area contributed by atoms with E-state index in [-0.39, 0.29) is 0 Å². The molecule has 0 unspecified atom stereocenters. The van der Waals surface area contributed by atoms with E-state index in [9.17, 15) is 4.79 Å². The van der Waals surface area contributed by atoms with Gasteiger partial charge in [-0.05, 0) is 12.1 Å². The molecule has 94 valence electrons. The van der Waals surface area contributed by atoms with Crippen LogP contribution < -0.4 is 0 Å². The van der Waals surface area contributed by atoms with E-state index in [1.165, 1.54) is 0 Å². The van der Waals surface area contributed by atoms with Gasteiger partial charge in [-0.3, -0.25) is 9.69 Å². The highest BCUT2D eigenvalue weighted by atomic mass is 16.1. The van der Waals surface area contributed by atoms with Gasteiger partial charge in [0.15, 0.2) is 0 Å². The summed E-state index contributed by atoms with van der Waals surface area (Å²) in [5.74, 6) is 0. The first-order valence-corrected chi connectivity index (χ1v) is 6.19. The van der Waals surface area contributed by atoms with Crippen molar-refractivity contribution in [2.75, 3.05) is 26.2 Å². The number of imidazole rings is 1. The second-order valence-corrected chi connectivity index (χ2v) is 4.62. The van der Waals surface area contributed by atoms with Gasteiger partial charge in [-0.2, -0.15) is 0 Å². The van der Waals surface area contributed by atoms with Crippen molar-refractivity contribution in [3.8, 4) is 0 Å². The van der Waals surface area contributed by atoms with Gasteiger partial charge < -0.3 is 9.30 Å². The monoisotopic (exact) mass is 244 g/mol. The summed E-state index contributed by atoms with van der Waals surface area (Å²) < 4.78 is 2.04. The molecule has 0 spiro atoms. The lowest BCUT2D eigenvalue weighted by Gasteiger charge is -2.31. The third kappa shape index (κ3) is 2.22. The van der Waals surface area contributed by atoms with Crippen LogP contribution in [0.1, 0.15) is 5.69 Å². The number of carbonyl (C=O) groups is 1. The van der Waals surface area contributed by atoms with Crippen LogP contribution in [-0.4, -0.2) is 51.8 Å². The predicted molar refractivity (Wildman–Crippen MR) is 68.1 cm³/mol. The summed E-state index contributed by atoms with van der Waals surface area (Å²) in [6.07, 6.45) is 5.01. The third-order valence-electron chi connectivity index (χ3n) is 3.36. The number of pyridine rings is 1. The molecule has 1 aliphatic heterocycles. The highest BCUT2D eigenvalue weighted by Gasteiger charge is 2.16. The van der Waals surface area contributed by atoms with Crippen LogP contribution in [0.3, 0.4) is 0 Å². The quantitative estimate of drug-likeness (QED) is 0.743. The average Bonchev–Trinajstić information content (AvgIpc) is 2.82. The molecular formula is C13H16N4O. The Hall–Kier alpha value is -1.88. The summed E-state index contributed by atoms with van der Waals surface area (Å²) in [5.41, 5.74) is 2.07. The Morgan fingerprint density at radius 3 is 2.78 bits per heavy atom. The van der Waals surface area contributed by atoms with Crippen molar-refractivity contribution in [2.45, 2.75) is 6.54 Å². The summed E-state index contributed by atoms with van der Waals surface area (Å²) in [7, 11) is 0. The first-order chi connectivity index (χ1) is 8.85. The minimum atomic E-state index is 0.816. The molecule has 0 bridgehead atoms. The summed E-state index contributed by atoms with van der Waals surface area (Å²) in [6.45, 7) is 4.33.